The third kappa shape index (κ3) is 5.80. The van der Waals surface area contributed by atoms with Gasteiger partial charge in [0.25, 0.3) is 15.9 Å². The highest BCUT2D eigenvalue weighted by Crippen LogP contribution is 2.30. The molecule has 0 spiro atoms. The van der Waals surface area contributed by atoms with Gasteiger partial charge in [0.15, 0.2) is 3.95 Å². The van der Waals surface area contributed by atoms with Crippen molar-refractivity contribution in [1.82, 2.24) is 20.5 Å². The van der Waals surface area contributed by atoms with Crippen molar-refractivity contribution < 1.29 is 18.0 Å². The molecule has 2 atom stereocenters. The first-order valence-corrected chi connectivity index (χ1v) is 14.3. The standard InChI is InChI=1S/C25H26N6O4S3/c1-15(2)20(28-22(32)18(26)14-16-8-4-3-5-9-16)23(33)31(24-29-30-25(36)37-24)38(34,35)19-12-6-10-17-11-7-13-27-21(17)19/h3-13,15,18,20H,14,26H2,1-2H3,(H,28,32)(H,30,36)/t18-,20-/m0/s1. The number of H-pyrrole nitrogens is 1. The molecule has 0 fully saturated rings. The van der Waals surface area contributed by atoms with Gasteiger partial charge in [-0.15, -0.1) is 5.10 Å². The molecule has 4 rings (SSSR count). The summed E-state index contributed by atoms with van der Waals surface area (Å²) in [6, 6.07) is 15.1. The molecular formula is C25H26N6O4S3. The van der Waals surface area contributed by atoms with E-state index in [1.54, 1.807) is 38.1 Å². The maximum Gasteiger partial charge on any atom is 0.275 e. The Morgan fingerprint density at radius 3 is 2.47 bits per heavy atom. The molecule has 0 unspecified atom stereocenters. The molecular weight excluding hydrogens is 545 g/mol. The van der Waals surface area contributed by atoms with Gasteiger partial charge >= 0.3 is 0 Å². The second-order valence-corrected chi connectivity index (χ2v) is 12.3. The summed E-state index contributed by atoms with van der Waals surface area (Å²) in [5, 5.41) is 9.56. The van der Waals surface area contributed by atoms with Crippen LogP contribution in [0.1, 0.15) is 19.4 Å². The minimum atomic E-state index is -4.53. The molecule has 2 amide bonds. The molecule has 198 valence electrons. The number of anilines is 1. The molecule has 4 aromatic rings. The summed E-state index contributed by atoms with van der Waals surface area (Å²) in [5.74, 6) is -1.96. The number of nitrogens with two attached hydrogens (primary N) is 1. The highest BCUT2D eigenvalue weighted by molar-refractivity contribution is 7.94. The number of aromatic amines is 1. The van der Waals surface area contributed by atoms with E-state index in [-0.39, 0.29) is 25.9 Å². The van der Waals surface area contributed by atoms with E-state index in [0.717, 1.165) is 16.9 Å². The van der Waals surface area contributed by atoms with Crippen molar-refractivity contribution in [2.24, 2.45) is 11.7 Å². The fraction of sp³-hybridized carbons (Fsp3) is 0.240. The van der Waals surface area contributed by atoms with Crippen LogP contribution in [-0.2, 0) is 26.0 Å². The first-order chi connectivity index (χ1) is 18.1. The lowest BCUT2D eigenvalue weighted by atomic mass is 10.0. The largest absolute Gasteiger partial charge is 0.343 e. The third-order valence-electron chi connectivity index (χ3n) is 5.78. The van der Waals surface area contributed by atoms with E-state index in [0.29, 0.717) is 9.69 Å². The zero-order valence-electron chi connectivity index (χ0n) is 20.6. The Morgan fingerprint density at radius 1 is 1.11 bits per heavy atom. The zero-order chi connectivity index (χ0) is 27.4. The molecule has 0 aliphatic rings. The van der Waals surface area contributed by atoms with Crippen LogP contribution in [0.4, 0.5) is 5.13 Å². The average molecular weight is 571 g/mol. The molecule has 0 bridgehead atoms. The number of fused-ring (bicyclic) bond motifs is 1. The Labute approximate surface area is 229 Å². The molecule has 0 saturated carbocycles. The first kappa shape index (κ1) is 27.5. The monoisotopic (exact) mass is 570 g/mol. The van der Waals surface area contributed by atoms with Gasteiger partial charge in [-0.1, -0.05) is 73.7 Å². The van der Waals surface area contributed by atoms with E-state index in [9.17, 15) is 18.0 Å². The van der Waals surface area contributed by atoms with Crippen LogP contribution in [0.15, 0.2) is 71.8 Å². The Balaban J connectivity index is 1.72. The molecule has 0 aliphatic carbocycles. The van der Waals surface area contributed by atoms with Gasteiger partial charge in [0.1, 0.15) is 10.9 Å². The topological polar surface area (TPSA) is 151 Å². The molecule has 2 heterocycles. The van der Waals surface area contributed by atoms with Gasteiger partial charge in [-0.25, -0.2) is 8.42 Å². The van der Waals surface area contributed by atoms with Crippen LogP contribution in [0.25, 0.3) is 10.9 Å². The molecule has 0 saturated heterocycles. The highest BCUT2D eigenvalue weighted by Gasteiger charge is 2.40. The van der Waals surface area contributed by atoms with Crippen molar-refractivity contribution in [3.05, 3.63) is 76.4 Å². The minimum Gasteiger partial charge on any atom is -0.343 e. The predicted molar refractivity (Wildman–Crippen MR) is 149 cm³/mol. The molecule has 4 N–H and O–H groups in total. The van der Waals surface area contributed by atoms with Gasteiger partial charge in [0.2, 0.25) is 11.0 Å². The number of hydrogen-bond acceptors (Lipinski definition) is 9. The van der Waals surface area contributed by atoms with E-state index in [1.807, 2.05) is 30.3 Å². The normalized spacial score (nSPS) is 13.3. The van der Waals surface area contributed by atoms with Gasteiger partial charge in [-0.05, 0) is 42.3 Å². The van der Waals surface area contributed by atoms with Crippen molar-refractivity contribution in [1.29, 1.82) is 0 Å². The SMILES string of the molecule is CC(C)[C@H](NC(=O)[C@@H](N)Cc1ccccc1)C(=O)N(c1n[nH]c(=S)s1)S(=O)(=O)c1cccc2cccnc12. The molecule has 38 heavy (non-hydrogen) atoms. The fourth-order valence-corrected chi connectivity index (χ4v) is 6.52. The van der Waals surface area contributed by atoms with Crippen molar-refractivity contribution in [2.45, 2.75) is 37.2 Å². The van der Waals surface area contributed by atoms with Gasteiger partial charge in [-0.3, -0.25) is 19.7 Å². The fourth-order valence-electron chi connectivity index (χ4n) is 3.87. The Morgan fingerprint density at radius 2 is 1.82 bits per heavy atom. The zero-order valence-corrected chi connectivity index (χ0v) is 23.0. The van der Waals surface area contributed by atoms with Crippen molar-refractivity contribution in [3.63, 3.8) is 0 Å². The van der Waals surface area contributed by atoms with Gasteiger partial charge in [0, 0.05) is 11.6 Å². The third-order valence-corrected chi connectivity index (χ3v) is 8.69. The molecule has 2 aromatic heterocycles. The van der Waals surface area contributed by atoms with Gasteiger partial charge < -0.3 is 11.1 Å². The van der Waals surface area contributed by atoms with Gasteiger partial charge in [-0.2, -0.15) is 4.31 Å². The quantitative estimate of drug-likeness (QED) is 0.260. The van der Waals surface area contributed by atoms with Crippen molar-refractivity contribution >= 4 is 61.4 Å². The summed E-state index contributed by atoms with van der Waals surface area (Å²) in [6.45, 7) is 3.39. The number of hydrogen-bond donors (Lipinski definition) is 3. The molecule has 10 nitrogen and oxygen atoms in total. The van der Waals surface area contributed by atoms with Crippen LogP contribution in [0.5, 0.6) is 0 Å². The number of sulfonamides is 1. The number of carbonyl (C=O) groups is 2. The number of aromatic nitrogens is 3. The van der Waals surface area contributed by atoms with E-state index in [2.05, 4.69) is 20.5 Å². The van der Waals surface area contributed by atoms with E-state index in [1.165, 1.54) is 12.3 Å². The number of carbonyl (C=O) groups excluding carboxylic acids is 2. The number of pyridine rings is 1. The van der Waals surface area contributed by atoms with Crippen LogP contribution in [0, 0.1) is 9.87 Å². The van der Waals surface area contributed by atoms with Crippen molar-refractivity contribution in [2.75, 3.05) is 4.31 Å². The number of benzene rings is 2. The van der Waals surface area contributed by atoms with Crippen LogP contribution in [0.3, 0.4) is 0 Å². The number of para-hydroxylation sites is 1. The lowest BCUT2D eigenvalue weighted by Crippen LogP contribution is -2.56. The number of amides is 2. The Kier molecular flexibility index (Phi) is 8.31. The molecule has 13 heteroatoms. The smallest absolute Gasteiger partial charge is 0.275 e. The lowest BCUT2D eigenvalue weighted by Gasteiger charge is -2.28. The molecule has 2 aromatic carbocycles. The average Bonchev–Trinajstić information content (AvgIpc) is 3.32. The number of nitrogens with one attached hydrogen (secondary N) is 2. The summed E-state index contributed by atoms with van der Waals surface area (Å²) in [6.07, 6.45) is 1.72. The van der Waals surface area contributed by atoms with E-state index >= 15 is 0 Å². The highest BCUT2D eigenvalue weighted by atomic mass is 32.2. The summed E-state index contributed by atoms with van der Waals surface area (Å²) in [4.78, 5) is 31.0. The number of rotatable bonds is 9. The molecule has 0 radical (unpaired) electrons. The Hall–Kier alpha value is -3.52. The number of nitrogens with zero attached hydrogens (tertiary/aromatic N) is 3. The second kappa shape index (κ2) is 11.5. The van der Waals surface area contributed by atoms with Crippen LogP contribution < -0.4 is 15.4 Å². The molecule has 0 aliphatic heterocycles. The minimum absolute atomic E-state index is 0.179. The maximum absolute atomic E-state index is 14.0. The predicted octanol–water partition coefficient (Wildman–Crippen LogP) is 3.18. The van der Waals surface area contributed by atoms with Crippen LogP contribution in [-0.4, -0.2) is 47.5 Å². The Bertz CT molecular complexity index is 1610. The maximum atomic E-state index is 14.0. The van der Waals surface area contributed by atoms with Gasteiger partial charge in [0.05, 0.1) is 11.6 Å². The second-order valence-electron chi connectivity index (χ2n) is 8.86. The summed E-state index contributed by atoms with van der Waals surface area (Å²) in [5.41, 5.74) is 7.18. The summed E-state index contributed by atoms with van der Waals surface area (Å²) in [7, 11) is -4.53. The van der Waals surface area contributed by atoms with E-state index in [4.69, 9.17) is 18.0 Å². The van der Waals surface area contributed by atoms with Crippen LogP contribution >= 0.6 is 23.6 Å². The van der Waals surface area contributed by atoms with Crippen molar-refractivity contribution in [3.8, 4) is 0 Å². The van der Waals surface area contributed by atoms with Crippen LogP contribution in [0.2, 0.25) is 0 Å². The van der Waals surface area contributed by atoms with E-state index < -0.39 is 39.8 Å². The first-order valence-electron chi connectivity index (χ1n) is 11.7. The summed E-state index contributed by atoms with van der Waals surface area (Å²) < 4.78 is 28.8. The lowest BCUT2D eigenvalue weighted by molar-refractivity contribution is -0.128. The summed E-state index contributed by atoms with van der Waals surface area (Å²) >= 11 is 5.93.